The van der Waals surface area contributed by atoms with E-state index >= 15 is 0 Å². The van der Waals surface area contributed by atoms with Crippen LogP contribution in [0, 0.1) is 5.92 Å². The Morgan fingerprint density at radius 1 is 1.47 bits per heavy atom. The van der Waals surface area contributed by atoms with Gasteiger partial charge in [0.1, 0.15) is 0 Å². The Hall–Kier alpha value is -1.75. The van der Waals surface area contributed by atoms with E-state index in [1.807, 2.05) is 4.90 Å². The first-order valence-corrected chi connectivity index (χ1v) is 6.38. The van der Waals surface area contributed by atoms with Crippen molar-refractivity contribution in [3.05, 3.63) is 23.8 Å². The molecule has 1 aliphatic heterocycles. The van der Waals surface area contributed by atoms with Crippen LogP contribution in [0.4, 0.5) is 5.69 Å². The molecule has 0 aromatic heterocycles. The van der Waals surface area contributed by atoms with Gasteiger partial charge in [-0.15, -0.1) is 0 Å². The fourth-order valence-electron chi connectivity index (χ4n) is 2.51. The lowest BCUT2D eigenvalue weighted by Gasteiger charge is -2.18. The molecule has 19 heavy (non-hydrogen) atoms. The topological polar surface area (TPSA) is 64.8 Å². The van der Waals surface area contributed by atoms with Crippen LogP contribution in [-0.4, -0.2) is 44.7 Å². The molecule has 1 saturated heterocycles. The van der Waals surface area contributed by atoms with E-state index in [0.29, 0.717) is 29.5 Å². The minimum atomic E-state index is -0.0252. The number of anilines is 1. The highest BCUT2D eigenvalue weighted by Crippen LogP contribution is 2.28. The largest absolute Gasteiger partial charge is 0.494 e. The third-order valence-electron chi connectivity index (χ3n) is 3.46. The van der Waals surface area contributed by atoms with Crippen molar-refractivity contribution in [2.24, 2.45) is 5.92 Å². The molecule has 1 amide bonds. The molecule has 1 atom stereocenters. The molecular formula is C14H20N2O3. The highest BCUT2D eigenvalue weighted by atomic mass is 16.5. The Labute approximate surface area is 113 Å². The molecule has 1 heterocycles. The molecule has 104 valence electrons. The van der Waals surface area contributed by atoms with Gasteiger partial charge in [-0.2, -0.15) is 0 Å². The van der Waals surface area contributed by atoms with Gasteiger partial charge in [0.25, 0.3) is 5.91 Å². The van der Waals surface area contributed by atoms with Crippen molar-refractivity contribution in [2.45, 2.75) is 6.42 Å². The van der Waals surface area contributed by atoms with E-state index in [9.17, 15) is 4.79 Å². The molecule has 0 spiro atoms. The summed E-state index contributed by atoms with van der Waals surface area (Å²) in [4.78, 5) is 14.3. The van der Waals surface area contributed by atoms with E-state index in [1.54, 1.807) is 25.3 Å². The van der Waals surface area contributed by atoms with Gasteiger partial charge in [0, 0.05) is 26.1 Å². The van der Waals surface area contributed by atoms with E-state index < -0.39 is 0 Å². The number of para-hydroxylation sites is 1. The van der Waals surface area contributed by atoms with Crippen LogP contribution in [0.1, 0.15) is 16.8 Å². The minimum Gasteiger partial charge on any atom is -0.494 e. The third-order valence-corrected chi connectivity index (χ3v) is 3.46. The summed E-state index contributed by atoms with van der Waals surface area (Å²) < 4.78 is 10.4. The first-order valence-electron chi connectivity index (χ1n) is 6.38. The summed E-state index contributed by atoms with van der Waals surface area (Å²) in [6, 6.07) is 5.25. The fourth-order valence-corrected chi connectivity index (χ4v) is 2.51. The zero-order valence-corrected chi connectivity index (χ0v) is 11.4. The first-order chi connectivity index (χ1) is 9.17. The van der Waals surface area contributed by atoms with Gasteiger partial charge in [-0.25, -0.2) is 0 Å². The molecule has 0 radical (unpaired) electrons. The van der Waals surface area contributed by atoms with Crippen molar-refractivity contribution >= 4 is 11.6 Å². The van der Waals surface area contributed by atoms with Crippen LogP contribution in [0.25, 0.3) is 0 Å². The second kappa shape index (κ2) is 5.93. The Balaban J connectivity index is 2.15. The molecule has 2 N–H and O–H groups in total. The smallest absolute Gasteiger partial charge is 0.257 e. The van der Waals surface area contributed by atoms with Crippen LogP contribution >= 0.6 is 0 Å². The number of hydrogen-bond acceptors (Lipinski definition) is 4. The molecule has 1 unspecified atom stereocenters. The first kappa shape index (κ1) is 13.7. The molecule has 1 aliphatic rings. The summed E-state index contributed by atoms with van der Waals surface area (Å²) in [5.41, 5.74) is 6.84. The van der Waals surface area contributed by atoms with Crippen LogP contribution in [-0.2, 0) is 4.74 Å². The van der Waals surface area contributed by atoms with Crippen LogP contribution in [0.15, 0.2) is 18.2 Å². The third kappa shape index (κ3) is 2.81. The summed E-state index contributed by atoms with van der Waals surface area (Å²) in [5.74, 6) is 0.853. The number of likely N-dealkylation sites (tertiary alicyclic amines) is 1. The molecule has 0 bridgehead atoms. The maximum atomic E-state index is 12.5. The number of hydrogen-bond donors (Lipinski definition) is 1. The zero-order chi connectivity index (χ0) is 13.8. The molecular weight excluding hydrogens is 244 g/mol. The molecule has 1 fully saturated rings. The predicted octanol–water partition coefficient (Wildman–Crippen LogP) is 1.39. The van der Waals surface area contributed by atoms with E-state index in [4.69, 9.17) is 15.2 Å². The van der Waals surface area contributed by atoms with Gasteiger partial charge in [-0.3, -0.25) is 4.79 Å². The van der Waals surface area contributed by atoms with E-state index in [1.165, 1.54) is 7.11 Å². The zero-order valence-electron chi connectivity index (χ0n) is 11.4. The number of nitrogens with zero attached hydrogens (tertiary/aromatic N) is 1. The molecule has 1 aromatic rings. The minimum absolute atomic E-state index is 0.0252. The highest BCUT2D eigenvalue weighted by molar-refractivity contribution is 5.98. The molecule has 5 heteroatoms. The SMILES string of the molecule is COCC1CCN(C(=O)c2cccc(N)c2OC)C1. The van der Waals surface area contributed by atoms with Crippen molar-refractivity contribution in [2.75, 3.05) is 39.6 Å². The van der Waals surface area contributed by atoms with Crippen molar-refractivity contribution in [1.29, 1.82) is 0 Å². The normalized spacial score (nSPS) is 18.6. The second-order valence-corrected chi connectivity index (χ2v) is 4.79. The summed E-state index contributed by atoms with van der Waals surface area (Å²) in [6.07, 6.45) is 0.976. The average Bonchev–Trinajstić information content (AvgIpc) is 2.86. The number of methoxy groups -OCH3 is 2. The van der Waals surface area contributed by atoms with E-state index in [-0.39, 0.29) is 5.91 Å². The van der Waals surface area contributed by atoms with E-state index in [0.717, 1.165) is 19.5 Å². The van der Waals surface area contributed by atoms with Gasteiger partial charge in [-0.05, 0) is 18.6 Å². The van der Waals surface area contributed by atoms with Gasteiger partial charge in [0.15, 0.2) is 5.75 Å². The second-order valence-electron chi connectivity index (χ2n) is 4.79. The quantitative estimate of drug-likeness (QED) is 0.835. The molecule has 0 saturated carbocycles. The number of ether oxygens (including phenoxy) is 2. The monoisotopic (exact) mass is 264 g/mol. The number of carbonyl (C=O) groups excluding carboxylic acids is 1. The van der Waals surface area contributed by atoms with Crippen molar-refractivity contribution in [3.8, 4) is 5.75 Å². The van der Waals surface area contributed by atoms with Crippen LogP contribution < -0.4 is 10.5 Å². The Bertz CT molecular complexity index is 462. The van der Waals surface area contributed by atoms with Crippen molar-refractivity contribution < 1.29 is 14.3 Å². The summed E-state index contributed by atoms with van der Waals surface area (Å²) in [6.45, 7) is 2.17. The number of benzene rings is 1. The Morgan fingerprint density at radius 2 is 2.26 bits per heavy atom. The number of nitrogen functional groups attached to an aromatic ring is 1. The average molecular weight is 264 g/mol. The van der Waals surface area contributed by atoms with Crippen molar-refractivity contribution in [1.82, 2.24) is 4.90 Å². The van der Waals surface area contributed by atoms with Gasteiger partial charge in [-0.1, -0.05) is 6.07 Å². The summed E-state index contributed by atoms with van der Waals surface area (Å²) >= 11 is 0. The van der Waals surface area contributed by atoms with Crippen LogP contribution in [0.3, 0.4) is 0 Å². The van der Waals surface area contributed by atoms with Gasteiger partial charge < -0.3 is 20.1 Å². The Morgan fingerprint density at radius 3 is 2.95 bits per heavy atom. The summed E-state index contributed by atoms with van der Waals surface area (Å²) in [5, 5.41) is 0. The van der Waals surface area contributed by atoms with Gasteiger partial charge in [0.05, 0.1) is 25.0 Å². The van der Waals surface area contributed by atoms with Crippen LogP contribution in [0.5, 0.6) is 5.75 Å². The maximum Gasteiger partial charge on any atom is 0.257 e. The highest BCUT2D eigenvalue weighted by Gasteiger charge is 2.28. The van der Waals surface area contributed by atoms with Gasteiger partial charge >= 0.3 is 0 Å². The lowest BCUT2D eigenvalue weighted by molar-refractivity contribution is 0.0772. The molecule has 5 nitrogen and oxygen atoms in total. The number of rotatable bonds is 4. The lowest BCUT2D eigenvalue weighted by atomic mass is 10.1. The summed E-state index contributed by atoms with van der Waals surface area (Å²) in [7, 11) is 3.21. The van der Waals surface area contributed by atoms with Gasteiger partial charge in [0.2, 0.25) is 0 Å². The van der Waals surface area contributed by atoms with Crippen LogP contribution in [0.2, 0.25) is 0 Å². The number of nitrogens with two attached hydrogens (primary N) is 1. The fraction of sp³-hybridized carbons (Fsp3) is 0.500. The molecule has 2 rings (SSSR count). The maximum absolute atomic E-state index is 12.5. The number of amides is 1. The Kier molecular flexibility index (Phi) is 4.27. The van der Waals surface area contributed by atoms with E-state index in [2.05, 4.69) is 0 Å². The van der Waals surface area contributed by atoms with Crippen molar-refractivity contribution in [3.63, 3.8) is 0 Å². The molecule has 1 aromatic carbocycles. The number of carbonyl (C=O) groups is 1. The predicted molar refractivity (Wildman–Crippen MR) is 73.3 cm³/mol. The molecule has 0 aliphatic carbocycles. The lowest BCUT2D eigenvalue weighted by Crippen LogP contribution is -2.29. The standard InChI is InChI=1S/C14H20N2O3/c1-18-9-10-6-7-16(8-10)14(17)11-4-3-5-12(15)13(11)19-2/h3-5,10H,6-9,15H2,1-2H3.